The first-order chi connectivity index (χ1) is 17.2. The number of hydrogen-bond donors (Lipinski definition) is 3. The number of halogens is 6. The minimum Gasteiger partial charge on any atom is -0.492 e. The highest BCUT2D eigenvalue weighted by Crippen LogP contribution is 2.34. The number of aromatic nitrogens is 2. The van der Waals surface area contributed by atoms with Gasteiger partial charge in [0.2, 0.25) is 0 Å². The lowest BCUT2D eigenvalue weighted by Crippen LogP contribution is -2.26. The third-order valence-electron chi connectivity index (χ3n) is 5.40. The zero-order valence-corrected chi connectivity index (χ0v) is 19.4. The largest absolute Gasteiger partial charge is 0.492 e. The summed E-state index contributed by atoms with van der Waals surface area (Å²) < 4.78 is 75.4. The van der Waals surface area contributed by atoms with Crippen LogP contribution in [0.1, 0.15) is 11.4 Å². The molecule has 0 amide bonds. The van der Waals surface area contributed by atoms with Gasteiger partial charge in [0, 0.05) is 49.1 Å². The summed E-state index contributed by atoms with van der Waals surface area (Å²) in [6, 6.07) is 8.16. The van der Waals surface area contributed by atoms with E-state index in [-0.39, 0.29) is 0 Å². The minimum absolute atomic E-state index is 0.356. The summed E-state index contributed by atoms with van der Waals surface area (Å²) in [7, 11) is 0. The normalized spacial score (nSPS) is 21.2. The van der Waals surface area contributed by atoms with Crippen molar-refractivity contribution in [2.45, 2.75) is 31.9 Å². The van der Waals surface area contributed by atoms with Crippen LogP contribution in [0.4, 0.5) is 26.3 Å². The first-order valence-corrected chi connectivity index (χ1v) is 10.8. The Kier molecular flexibility index (Phi) is 10.3. The van der Waals surface area contributed by atoms with Gasteiger partial charge < -0.3 is 24.7 Å². The topological polar surface area (TPSA) is 125 Å². The van der Waals surface area contributed by atoms with Crippen molar-refractivity contribution in [2.75, 3.05) is 26.3 Å². The average molecular weight is 541 g/mol. The van der Waals surface area contributed by atoms with Gasteiger partial charge in [-0.25, -0.2) is 9.59 Å². The molecule has 4 heterocycles. The smallest absolute Gasteiger partial charge is 0.490 e. The number of aryl methyl sites for hydroxylation is 1. The van der Waals surface area contributed by atoms with Crippen molar-refractivity contribution in [1.82, 2.24) is 14.9 Å². The predicted octanol–water partition coefficient (Wildman–Crippen LogP) is 3.51. The van der Waals surface area contributed by atoms with Gasteiger partial charge in [0.15, 0.2) is 0 Å². The maximum absolute atomic E-state index is 10.6. The number of pyridine rings is 1. The van der Waals surface area contributed by atoms with E-state index in [2.05, 4.69) is 27.0 Å². The number of aromatic amines is 1. The first-order valence-electron chi connectivity index (χ1n) is 10.8. The SMILES string of the molecule is Cc1ccc(OC[C@@H]2CO[C@@H]3CN(Cc4ccc[nH]4)C[C@H]23)cn1.O=C(O)C(F)(F)F.O=C(O)C(F)(F)F. The molecular formula is C22H25F6N3O6. The fraction of sp³-hybridized carbons (Fsp3) is 0.500. The zero-order chi connectivity index (χ0) is 27.8. The molecule has 3 N–H and O–H groups in total. The summed E-state index contributed by atoms with van der Waals surface area (Å²) in [5.74, 6) is -3.63. The molecule has 2 aromatic rings. The fourth-order valence-corrected chi connectivity index (χ4v) is 3.63. The van der Waals surface area contributed by atoms with Crippen molar-refractivity contribution in [1.29, 1.82) is 0 Å². The Morgan fingerprint density at radius 1 is 1.11 bits per heavy atom. The Balaban J connectivity index is 0.000000286. The molecule has 3 atom stereocenters. The molecule has 0 aromatic carbocycles. The van der Waals surface area contributed by atoms with Crippen molar-refractivity contribution in [3.8, 4) is 5.75 Å². The number of fused-ring (bicyclic) bond motifs is 1. The van der Waals surface area contributed by atoms with Gasteiger partial charge in [-0.3, -0.25) is 9.88 Å². The number of alkyl halides is 6. The number of hydrogen-bond acceptors (Lipinski definition) is 6. The molecule has 15 heteroatoms. The van der Waals surface area contributed by atoms with E-state index < -0.39 is 24.3 Å². The number of carboxylic acids is 2. The third-order valence-corrected chi connectivity index (χ3v) is 5.40. The highest BCUT2D eigenvalue weighted by atomic mass is 19.4. The van der Waals surface area contributed by atoms with Crippen molar-refractivity contribution < 1.29 is 55.6 Å². The summed E-state index contributed by atoms with van der Waals surface area (Å²) in [5, 5.41) is 14.2. The second-order valence-electron chi connectivity index (χ2n) is 8.24. The molecule has 2 aliphatic heterocycles. The highest BCUT2D eigenvalue weighted by molar-refractivity contribution is 5.73. The predicted molar refractivity (Wildman–Crippen MR) is 115 cm³/mol. The molecular weight excluding hydrogens is 516 g/mol. The van der Waals surface area contributed by atoms with Crippen molar-refractivity contribution >= 4 is 11.9 Å². The molecule has 0 spiro atoms. The van der Waals surface area contributed by atoms with Gasteiger partial charge in [-0.05, 0) is 31.2 Å². The Morgan fingerprint density at radius 3 is 2.22 bits per heavy atom. The standard InChI is InChI=1S/C18H23N3O2.2C2HF3O2/c1-13-4-5-16(7-20-13)22-11-14-12-23-18-10-21(9-17(14)18)8-15-3-2-6-19-15;2*3-2(4,5)1(6)7/h2-7,14,17-19H,8-12H2,1H3;2*(H,6,7)/t14-,17-,18-;;/m1../s1. The number of aliphatic carboxylic acids is 2. The molecule has 0 saturated carbocycles. The number of likely N-dealkylation sites (tertiary alicyclic amines) is 1. The second-order valence-corrected chi connectivity index (χ2v) is 8.24. The number of H-pyrrole nitrogens is 1. The van der Waals surface area contributed by atoms with E-state index in [9.17, 15) is 26.3 Å². The van der Waals surface area contributed by atoms with Gasteiger partial charge >= 0.3 is 24.3 Å². The van der Waals surface area contributed by atoms with Crippen LogP contribution in [0.25, 0.3) is 0 Å². The second kappa shape index (κ2) is 12.8. The van der Waals surface area contributed by atoms with Crippen LogP contribution in [0.3, 0.4) is 0 Å². The van der Waals surface area contributed by atoms with Crippen LogP contribution in [0, 0.1) is 18.8 Å². The summed E-state index contributed by atoms with van der Waals surface area (Å²) in [4.78, 5) is 27.8. The van der Waals surface area contributed by atoms with Crippen LogP contribution in [0.15, 0.2) is 36.7 Å². The van der Waals surface area contributed by atoms with Crippen LogP contribution in [-0.4, -0.2) is 81.8 Å². The number of carbonyl (C=O) groups is 2. The van der Waals surface area contributed by atoms with Gasteiger partial charge in [-0.15, -0.1) is 0 Å². The van der Waals surface area contributed by atoms with Crippen LogP contribution >= 0.6 is 0 Å². The van der Waals surface area contributed by atoms with Crippen LogP contribution in [-0.2, 0) is 20.9 Å². The van der Waals surface area contributed by atoms with Crippen molar-refractivity contribution in [2.24, 2.45) is 11.8 Å². The number of carboxylic acid groups (broad SMARTS) is 2. The molecule has 2 fully saturated rings. The number of nitrogens with one attached hydrogen (secondary N) is 1. The van der Waals surface area contributed by atoms with Gasteiger partial charge in [0.05, 0.1) is 25.5 Å². The van der Waals surface area contributed by atoms with Gasteiger partial charge in [0.25, 0.3) is 0 Å². The van der Waals surface area contributed by atoms with E-state index in [1.54, 1.807) is 6.20 Å². The molecule has 4 rings (SSSR count). The molecule has 2 aromatic heterocycles. The molecule has 2 aliphatic rings. The minimum atomic E-state index is -5.08. The summed E-state index contributed by atoms with van der Waals surface area (Å²) in [5.41, 5.74) is 2.28. The van der Waals surface area contributed by atoms with Crippen LogP contribution < -0.4 is 4.74 Å². The zero-order valence-electron chi connectivity index (χ0n) is 19.4. The molecule has 0 aliphatic carbocycles. The van der Waals surface area contributed by atoms with Crippen molar-refractivity contribution in [3.63, 3.8) is 0 Å². The average Bonchev–Trinajstić information content (AvgIpc) is 3.52. The Hall–Kier alpha value is -3.33. The Morgan fingerprint density at radius 2 is 1.73 bits per heavy atom. The monoisotopic (exact) mass is 541 g/mol. The Labute approximate surface area is 207 Å². The lowest BCUT2D eigenvalue weighted by molar-refractivity contribution is -0.193. The van der Waals surface area contributed by atoms with E-state index >= 15 is 0 Å². The number of ether oxygens (including phenoxy) is 2. The van der Waals surface area contributed by atoms with Crippen LogP contribution in [0.5, 0.6) is 5.75 Å². The van der Waals surface area contributed by atoms with Gasteiger partial charge in [0.1, 0.15) is 5.75 Å². The first kappa shape index (κ1) is 29.9. The molecule has 2 saturated heterocycles. The summed E-state index contributed by atoms with van der Waals surface area (Å²) in [6.07, 6.45) is -6.03. The lowest BCUT2D eigenvalue weighted by Gasteiger charge is -2.19. The summed E-state index contributed by atoms with van der Waals surface area (Å²) >= 11 is 0. The molecule has 206 valence electrons. The summed E-state index contributed by atoms with van der Waals surface area (Å²) in [6.45, 7) is 6.58. The Bertz CT molecular complexity index is 974. The van der Waals surface area contributed by atoms with E-state index in [1.165, 1.54) is 5.69 Å². The lowest BCUT2D eigenvalue weighted by atomic mass is 9.94. The van der Waals surface area contributed by atoms with Gasteiger partial charge in [-0.1, -0.05) is 0 Å². The molecule has 9 nitrogen and oxygen atoms in total. The van der Waals surface area contributed by atoms with Crippen molar-refractivity contribution in [3.05, 3.63) is 48.0 Å². The molecule has 0 unspecified atom stereocenters. The number of rotatable bonds is 5. The quantitative estimate of drug-likeness (QED) is 0.492. The highest BCUT2D eigenvalue weighted by Gasteiger charge is 2.44. The number of nitrogens with zero attached hydrogens (tertiary/aromatic N) is 2. The van der Waals surface area contributed by atoms with Gasteiger partial charge in [-0.2, -0.15) is 26.3 Å². The van der Waals surface area contributed by atoms with E-state index in [1.807, 2.05) is 25.3 Å². The van der Waals surface area contributed by atoms with E-state index in [0.717, 1.165) is 37.7 Å². The van der Waals surface area contributed by atoms with E-state index in [4.69, 9.17) is 29.3 Å². The van der Waals surface area contributed by atoms with E-state index in [0.29, 0.717) is 24.5 Å². The maximum atomic E-state index is 10.6. The van der Waals surface area contributed by atoms with Crippen LogP contribution in [0.2, 0.25) is 0 Å². The molecule has 37 heavy (non-hydrogen) atoms. The third kappa shape index (κ3) is 9.92. The fourth-order valence-electron chi connectivity index (χ4n) is 3.63. The molecule has 0 bridgehead atoms. The maximum Gasteiger partial charge on any atom is 0.490 e. The molecule has 0 radical (unpaired) electrons.